The van der Waals surface area contributed by atoms with Gasteiger partial charge in [-0.3, -0.25) is 4.79 Å². The van der Waals surface area contributed by atoms with E-state index in [0.717, 1.165) is 35.1 Å². The molecule has 0 bridgehead atoms. The van der Waals surface area contributed by atoms with E-state index in [1.54, 1.807) is 0 Å². The van der Waals surface area contributed by atoms with Gasteiger partial charge in [-0.25, -0.2) is 4.79 Å². The molecule has 1 fully saturated rings. The van der Waals surface area contributed by atoms with Gasteiger partial charge in [0.05, 0.1) is 25.2 Å². The Balaban J connectivity index is 1.49. The monoisotopic (exact) mass is 409 g/mol. The summed E-state index contributed by atoms with van der Waals surface area (Å²) in [6.45, 7) is 2.87. The van der Waals surface area contributed by atoms with Crippen LogP contribution in [0.5, 0.6) is 0 Å². The van der Waals surface area contributed by atoms with Crippen LogP contribution < -0.4 is 5.32 Å². The summed E-state index contributed by atoms with van der Waals surface area (Å²) in [4.78, 5) is 24.2. The Morgan fingerprint density at radius 3 is 2.37 bits per heavy atom. The fraction of sp³-hybridized carbons (Fsp3) is 0.417. The summed E-state index contributed by atoms with van der Waals surface area (Å²) >= 11 is 0. The molecule has 0 aromatic heterocycles. The van der Waals surface area contributed by atoms with Crippen molar-refractivity contribution >= 4 is 12.1 Å². The normalized spacial score (nSPS) is 22.4. The standard InChI is InChI=1S/C24H27NO5/c1-2-7-16-13-29-15-24(16,12-22(26)27)25-23(28)30-14-21-19-10-5-3-8-17(19)18-9-4-6-11-20(18)21/h3-6,8-11,16,21H,2,7,12-15H2,1H3,(H,25,28)(H,26,27). The Bertz CT molecular complexity index is 897. The maximum absolute atomic E-state index is 12.7. The van der Waals surface area contributed by atoms with E-state index in [1.165, 1.54) is 0 Å². The zero-order valence-corrected chi connectivity index (χ0v) is 17.1. The van der Waals surface area contributed by atoms with Crippen molar-refractivity contribution in [2.24, 2.45) is 5.92 Å². The molecule has 1 saturated heterocycles. The molecule has 0 saturated carbocycles. The largest absolute Gasteiger partial charge is 0.481 e. The lowest BCUT2D eigenvalue weighted by Gasteiger charge is -2.33. The van der Waals surface area contributed by atoms with Crippen LogP contribution in [0.3, 0.4) is 0 Å². The van der Waals surface area contributed by atoms with Gasteiger partial charge in [-0.2, -0.15) is 0 Å². The minimum absolute atomic E-state index is 0.0372. The van der Waals surface area contributed by atoms with E-state index in [-0.39, 0.29) is 31.5 Å². The number of nitrogens with one attached hydrogen (secondary N) is 1. The average Bonchev–Trinajstić information content (AvgIpc) is 3.25. The van der Waals surface area contributed by atoms with Crippen molar-refractivity contribution in [2.75, 3.05) is 19.8 Å². The third kappa shape index (κ3) is 3.79. The number of amides is 1. The van der Waals surface area contributed by atoms with Gasteiger partial charge in [0, 0.05) is 11.8 Å². The highest BCUT2D eigenvalue weighted by atomic mass is 16.6. The van der Waals surface area contributed by atoms with Crippen molar-refractivity contribution in [3.8, 4) is 11.1 Å². The Morgan fingerprint density at radius 1 is 1.13 bits per heavy atom. The van der Waals surface area contributed by atoms with Gasteiger partial charge in [-0.15, -0.1) is 0 Å². The number of carbonyl (C=O) groups excluding carboxylic acids is 1. The minimum atomic E-state index is -0.958. The molecule has 1 heterocycles. The first-order valence-corrected chi connectivity index (χ1v) is 10.5. The molecule has 0 spiro atoms. The molecule has 4 rings (SSSR count). The molecule has 30 heavy (non-hydrogen) atoms. The highest BCUT2D eigenvalue weighted by molar-refractivity contribution is 5.79. The third-order valence-electron chi connectivity index (χ3n) is 6.26. The first-order chi connectivity index (χ1) is 14.5. The van der Waals surface area contributed by atoms with Gasteiger partial charge in [0.1, 0.15) is 6.61 Å². The molecule has 6 heteroatoms. The van der Waals surface area contributed by atoms with Crippen LogP contribution in [-0.4, -0.2) is 42.5 Å². The number of carboxylic acid groups (broad SMARTS) is 1. The molecule has 1 aliphatic heterocycles. The van der Waals surface area contributed by atoms with Gasteiger partial charge < -0.3 is 19.9 Å². The van der Waals surface area contributed by atoms with E-state index < -0.39 is 17.6 Å². The Morgan fingerprint density at radius 2 is 1.77 bits per heavy atom. The second-order valence-corrected chi connectivity index (χ2v) is 8.18. The molecule has 2 unspecified atom stereocenters. The second kappa shape index (κ2) is 8.48. The smallest absolute Gasteiger partial charge is 0.407 e. The van der Waals surface area contributed by atoms with Gasteiger partial charge in [0.15, 0.2) is 0 Å². The number of aliphatic carboxylic acids is 1. The van der Waals surface area contributed by atoms with Crippen molar-refractivity contribution in [3.63, 3.8) is 0 Å². The maximum atomic E-state index is 12.7. The summed E-state index contributed by atoms with van der Waals surface area (Å²) in [5.74, 6) is -1.04. The molecular formula is C24H27NO5. The highest BCUT2D eigenvalue weighted by Gasteiger charge is 2.47. The first-order valence-electron chi connectivity index (χ1n) is 10.5. The number of fused-ring (bicyclic) bond motifs is 3. The molecule has 2 atom stereocenters. The van der Waals surface area contributed by atoms with Crippen LogP contribution in [0.25, 0.3) is 11.1 Å². The zero-order chi connectivity index (χ0) is 21.1. The molecule has 0 radical (unpaired) electrons. The molecule has 2 aliphatic rings. The van der Waals surface area contributed by atoms with E-state index in [9.17, 15) is 14.7 Å². The lowest BCUT2D eigenvalue weighted by atomic mass is 9.81. The summed E-state index contributed by atoms with van der Waals surface area (Å²) in [5, 5.41) is 12.3. The fourth-order valence-electron chi connectivity index (χ4n) is 4.85. The van der Waals surface area contributed by atoms with Crippen LogP contribution in [0, 0.1) is 5.92 Å². The number of carbonyl (C=O) groups is 2. The summed E-state index contributed by atoms with van der Waals surface area (Å²) < 4.78 is 11.2. The Kier molecular flexibility index (Phi) is 5.77. The zero-order valence-electron chi connectivity index (χ0n) is 17.1. The molecular weight excluding hydrogens is 382 g/mol. The van der Waals surface area contributed by atoms with E-state index in [1.807, 2.05) is 31.2 Å². The molecule has 158 valence electrons. The number of hydrogen-bond donors (Lipinski definition) is 2. The van der Waals surface area contributed by atoms with Crippen LogP contribution in [0.2, 0.25) is 0 Å². The number of alkyl carbamates (subject to hydrolysis) is 1. The second-order valence-electron chi connectivity index (χ2n) is 8.18. The van der Waals surface area contributed by atoms with Crippen LogP contribution in [0.15, 0.2) is 48.5 Å². The van der Waals surface area contributed by atoms with Crippen LogP contribution in [0.4, 0.5) is 4.79 Å². The lowest BCUT2D eigenvalue weighted by molar-refractivity contribution is -0.139. The highest BCUT2D eigenvalue weighted by Crippen LogP contribution is 2.44. The SMILES string of the molecule is CCCC1COCC1(CC(=O)O)NC(=O)OCC1c2ccccc2-c2ccccc21. The fourth-order valence-corrected chi connectivity index (χ4v) is 4.85. The summed E-state index contributed by atoms with van der Waals surface area (Å²) in [6.07, 6.45) is 0.908. The van der Waals surface area contributed by atoms with Crippen molar-refractivity contribution in [3.05, 3.63) is 59.7 Å². The predicted molar refractivity (Wildman–Crippen MR) is 112 cm³/mol. The van der Waals surface area contributed by atoms with Crippen molar-refractivity contribution in [1.29, 1.82) is 0 Å². The van der Waals surface area contributed by atoms with E-state index in [2.05, 4.69) is 29.6 Å². The van der Waals surface area contributed by atoms with Crippen LogP contribution in [-0.2, 0) is 14.3 Å². The van der Waals surface area contributed by atoms with Gasteiger partial charge in [0.2, 0.25) is 0 Å². The molecule has 1 aliphatic carbocycles. The first kappa shape index (κ1) is 20.4. The summed E-state index contributed by atoms with van der Waals surface area (Å²) in [7, 11) is 0. The summed E-state index contributed by atoms with van der Waals surface area (Å²) in [6, 6.07) is 16.3. The minimum Gasteiger partial charge on any atom is -0.481 e. The third-order valence-corrected chi connectivity index (χ3v) is 6.26. The van der Waals surface area contributed by atoms with Gasteiger partial charge in [0.25, 0.3) is 0 Å². The number of rotatable bonds is 7. The lowest BCUT2D eigenvalue weighted by Crippen LogP contribution is -2.55. The van der Waals surface area contributed by atoms with E-state index in [4.69, 9.17) is 9.47 Å². The van der Waals surface area contributed by atoms with Gasteiger partial charge >= 0.3 is 12.1 Å². The van der Waals surface area contributed by atoms with Crippen LogP contribution in [0.1, 0.15) is 43.2 Å². The number of carboxylic acids is 1. The van der Waals surface area contributed by atoms with Crippen molar-refractivity contribution in [1.82, 2.24) is 5.32 Å². The van der Waals surface area contributed by atoms with Crippen LogP contribution >= 0.6 is 0 Å². The molecule has 2 aromatic rings. The van der Waals surface area contributed by atoms with Gasteiger partial charge in [-0.1, -0.05) is 61.9 Å². The number of benzene rings is 2. The predicted octanol–water partition coefficient (Wildman–Crippen LogP) is 4.19. The van der Waals surface area contributed by atoms with E-state index >= 15 is 0 Å². The van der Waals surface area contributed by atoms with E-state index in [0.29, 0.717) is 6.61 Å². The van der Waals surface area contributed by atoms with Crippen molar-refractivity contribution in [2.45, 2.75) is 37.6 Å². The molecule has 2 aromatic carbocycles. The Hall–Kier alpha value is -2.86. The molecule has 6 nitrogen and oxygen atoms in total. The number of hydrogen-bond acceptors (Lipinski definition) is 4. The average molecular weight is 409 g/mol. The maximum Gasteiger partial charge on any atom is 0.407 e. The topological polar surface area (TPSA) is 84.9 Å². The van der Waals surface area contributed by atoms with Crippen molar-refractivity contribution < 1.29 is 24.2 Å². The number of ether oxygens (including phenoxy) is 2. The van der Waals surface area contributed by atoms with Gasteiger partial charge in [-0.05, 0) is 28.7 Å². The Labute approximate surface area is 176 Å². The quantitative estimate of drug-likeness (QED) is 0.716. The molecule has 2 N–H and O–H groups in total. The molecule has 1 amide bonds. The summed E-state index contributed by atoms with van der Waals surface area (Å²) in [5.41, 5.74) is 3.68.